The van der Waals surface area contributed by atoms with Gasteiger partial charge >= 0.3 is 0 Å². The summed E-state index contributed by atoms with van der Waals surface area (Å²) in [5, 5.41) is 10.8. The van der Waals surface area contributed by atoms with Crippen molar-refractivity contribution in [3.05, 3.63) is 42.2 Å². The Kier molecular flexibility index (Phi) is 4.84. The summed E-state index contributed by atoms with van der Waals surface area (Å²) in [5.74, 6) is -0.0481. The molecule has 106 valence electrons. The molecule has 20 heavy (non-hydrogen) atoms. The molecule has 0 fully saturated rings. The molecule has 0 saturated carbocycles. The normalized spacial score (nSPS) is 12.1. The fourth-order valence-electron chi connectivity index (χ4n) is 1.76. The van der Waals surface area contributed by atoms with E-state index in [1.165, 1.54) is 0 Å². The molecule has 0 aliphatic heterocycles. The predicted molar refractivity (Wildman–Crippen MR) is 76.9 cm³/mol. The molecule has 0 bridgehead atoms. The number of rotatable bonds is 6. The molecule has 1 amide bonds. The zero-order valence-electron chi connectivity index (χ0n) is 11.5. The Hall–Kier alpha value is -2.21. The van der Waals surface area contributed by atoms with Crippen molar-refractivity contribution < 1.29 is 4.79 Å². The quantitative estimate of drug-likeness (QED) is 0.839. The Morgan fingerprint density at radius 2 is 2.15 bits per heavy atom. The van der Waals surface area contributed by atoms with Gasteiger partial charge in [-0.05, 0) is 18.6 Å². The van der Waals surface area contributed by atoms with E-state index in [1.54, 1.807) is 10.9 Å². The average molecular weight is 273 g/mol. The van der Waals surface area contributed by atoms with Crippen molar-refractivity contribution in [3.63, 3.8) is 0 Å². The summed E-state index contributed by atoms with van der Waals surface area (Å²) in [7, 11) is 0. The third kappa shape index (κ3) is 3.89. The maximum Gasteiger partial charge on any atom is 0.226 e. The van der Waals surface area contributed by atoms with Gasteiger partial charge in [0.2, 0.25) is 5.91 Å². The Balaban J connectivity index is 1.83. The van der Waals surface area contributed by atoms with Crippen LogP contribution in [0.4, 0.5) is 5.69 Å². The lowest BCUT2D eigenvalue weighted by molar-refractivity contribution is -0.116. The average Bonchev–Trinajstić information content (AvgIpc) is 2.94. The maximum absolute atomic E-state index is 11.8. The lowest BCUT2D eigenvalue weighted by atomic mass is 10.2. The van der Waals surface area contributed by atoms with Gasteiger partial charge in [0.1, 0.15) is 0 Å². The van der Waals surface area contributed by atoms with Crippen LogP contribution in [0.2, 0.25) is 0 Å². The minimum absolute atomic E-state index is 0.0481. The molecule has 3 N–H and O–H groups in total. The zero-order valence-corrected chi connectivity index (χ0v) is 11.5. The van der Waals surface area contributed by atoms with Gasteiger partial charge in [0.05, 0.1) is 24.5 Å². The number of para-hydroxylation sites is 1. The van der Waals surface area contributed by atoms with Crippen molar-refractivity contribution in [1.82, 2.24) is 15.0 Å². The Bertz CT molecular complexity index is 552. The minimum atomic E-state index is -0.0955. The van der Waals surface area contributed by atoms with Crippen LogP contribution < -0.4 is 11.1 Å². The second-order valence-electron chi connectivity index (χ2n) is 4.59. The summed E-state index contributed by atoms with van der Waals surface area (Å²) in [5.41, 5.74) is 7.43. The smallest absolute Gasteiger partial charge is 0.226 e. The third-order valence-electron chi connectivity index (χ3n) is 3.00. The van der Waals surface area contributed by atoms with Crippen molar-refractivity contribution in [2.24, 2.45) is 5.73 Å². The van der Waals surface area contributed by atoms with E-state index in [2.05, 4.69) is 15.6 Å². The second-order valence-corrected chi connectivity index (χ2v) is 4.59. The third-order valence-corrected chi connectivity index (χ3v) is 3.00. The Morgan fingerprint density at radius 1 is 1.40 bits per heavy atom. The molecule has 0 aliphatic rings. The van der Waals surface area contributed by atoms with Crippen molar-refractivity contribution in [1.29, 1.82) is 0 Å². The number of benzene rings is 1. The molecule has 1 unspecified atom stereocenters. The van der Waals surface area contributed by atoms with E-state index in [-0.39, 0.29) is 11.9 Å². The standard InChI is InChI=1S/C14H19N5O/c1-2-12(15)13-10-19(18-17-13)9-8-14(20)16-11-6-4-3-5-7-11/h3-7,10,12H,2,8-9,15H2,1H3,(H,16,20). The van der Waals surface area contributed by atoms with Crippen LogP contribution in [0.5, 0.6) is 0 Å². The number of nitrogens with one attached hydrogen (secondary N) is 1. The van der Waals surface area contributed by atoms with Gasteiger partial charge in [0.25, 0.3) is 0 Å². The number of carbonyl (C=O) groups excluding carboxylic acids is 1. The van der Waals surface area contributed by atoms with Gasteiger partial charge in [-0.15, -0.1) is 5.10 Å². The summed E-state index contributed by atoms with van der Waals surface area (Å²) < 4.78 is 1.65. The first-order valence-electron chi connectivity index (χ1n) is 6.69. The second kappa shape index (κ2) is 6.81. The SMILES string of the molecule is CCC(N)c1cn(CCC(=O)Nc2ccccc2)nn1. The van der Waals surface area contributed by atoms with Gasteiger partial charge in [0.15, 0.2) is 0 Å². The molecule has 2 aromatic rings. The van der Waals surface area contributed by atoms with E-state index >= 15 is 0 Å². The number of carbonyl (C=O) groups is 1. The number of hydrogen-bond donors (Lipinski definition) is 2. The molecular weight excluding hydrogens is 254 g/mol. The monoisotopic (exact) mass is 273 g/mol. The largest absolute Gasteiger partial charge is 0.326 e. The topological polar surface area (TPSA) is 85.8 Å². The van der Waals surface area contributed by atoms with E-state index in [1.807, 2.05) is 37.3 Å². The highest BCUT2D eigenvalue weighted by Gasteiger charge is 2.09. The highest BCUT2D eigenvalue weighted by molar-refractivity contribution is 5.90. The molecular formula is C14H19N5O. The molecule has 0 spiro atoms. The van der Waals surface area contributed by atoms with Crippen molar-refractivity contribution in [3.8, 4) is 0 Å². The van der Waals surface area contributed by atoms with E-state index in [9.17, 15) is 4.79 Å². The Labute approximate surface area is 118 Å². The summed E-state index contributed by atoms with van der Waals surface area (Å²) in [4.78, 5) is 11.8. The molecule has 0 aliphatic carbocycles. The summed E-state index contributed by atoms with van der Waals surface area (Å²) >= 11 is 0. The number of hydrogen-bond acceptors (Lipinski definition) is 4. The van der Waals surface area contributed by atoms with Crippen molar-refractivity contribution in [2.75, 3.05) is 5.32 Å². The molecule has 0 saturated heterocycles. The van der Waals surface area contributed by atoms with Crippen molar-refractivity contribution >= 4 is 11.6 Å². The molecule has 6 heteroatoms. The Morgan fingerprint density at radius 3 is 2.85 bits per heavy atom. The first-order valence-corrected chi connectivity index (χ1v) is 6.69. The first kappa shape index (κ1) is 14.2. The van der Waals surface area contributed by atoms with E-state index in [0.29, 0.717) is 13.0 Å². The predicted octanol–water partition coefficient (Wildman–Crippen LogP) is 1.72. The van der Waals surface area contributed by atoms with Crippen LogP contribution in [0.25, 0.3) is 0 Å². The van der Waals surface area contributed by atoms with E-state index in [4.69, 9.17) is 5.73 Å². The van der Waals surface area contributed by atoms with Crippen LogP contribution in [0.1, 0.15) is 31.5 Å². The number of nitrogens with two attached hydrogens (primary N) is 1. The molecule has 1 heterocycles. The van der Waals surface area contributed by atoms with E-state index < -0.39 is 0 Å². The molecule has 6 nitrogen and oxygen atoms in total. The number of aryl methyl sites for hydroxylation is 1. The number of aromatic nitrogens is 3. The fourth-order valence-corrected chi connectivity index (χ4v) is 1.76. The number of anilines is 1. The van der Waals surface area contributed by atoms with Crippen LogP contribution in [0.3, 0.4) is 0 Å². The molecule has 1 aromatic carbocycles. The van der Waals surface area contributed by atoms with Gasteiger partial charge in [-0.25, -0.2) is 0 Å². The summed E-state index contributed by atoms with van der Waals surface area (Å²) in [6.45, 7) is 2.49. The number of nitrogens with zero attached hydrogens (tertiary/aromatic N) is 3. The molecule has 0 radical (unpaired) electrons. The summed E-state index contributed by atoms with van der Waals surface area (Å²) in [6.07, 6.45) is 2.95. The zero-order chi connectivity index (χ0) is 14.4. The van der Waals surface area contributed by atoms with Crippen LogP contribution in [0, 0.1) is 0 Å². The molecule has 1 aromatic heterocycles. The molecule has 2 rings (SSSR count). The minimum Gasteiger partial charge on any atom is -0.326 e. The van der Waals surface area contributed by atoms with Gasteiger partial charge in [-0.1, -0.05) is 30.3 Å². The van der Waals surface area contributed by atoms with Gasteiger partial charge in [-0.2, -0.15) is 0 Å². The highest BCUT2D eigenvalue weighted by atomic mass is 16.1. The number of amides is 1. The van der Waals surface area contributed by atoms with Crippen molar-refractivity contribution in [2.45, 2.75) is 32.4 Å². The first-order chi connectivity index (χ1) is 9.69. The molecule has 1 atom stereocenters. The van der Waals surface area contributed by atoms with Crippen LogP contribution in [-0.4, -0.2) is 20.9 Å². The van der Waals surface area contributed by atoms with E-state index in [0.717, 1.165) is 17.8 Å². The fraction of sp³-hybridized carbons (Fsp3) is 0.357. The van der Waals surface area contributed by atoms with Gasteiger partial charge in [-0.3, -0.25) is 9.48 Å². The lowest BCUT2D eigenvalue weighted by Crippen LogP contribution is -2.14. The van der Waals surface area contributed by atoms with Crippen LogP contribution >= 0.6 is 0 Å². The van der Waals surface area contributed by atoms with Crippen LogP contribution in [-0.2, 0) is 11.3 Å². The van der Waals surface area contributed by atoms with Crippen LogP contribution in [0.15, 0.2) is 36.5 Å². The highest BCUT2D eigenvalue weighted by Crippen LogP contribution is 2.09. The lowest BCUT2D eigenvalue weighted by Gasteiger charge is -2.04. The maximum atomic E-state index is 11.8. The van der Waals surface area contributed by atoms with Gasteiger partial charge in [0, 0.05) is 12.1 Å². The summed E-state index contributed by atoms with van der Waals surface area (Å²) in [6, 6.07) is 9.28. The van der Waals surface area contributed by atoms with Gasteiger partial charge < -0.3 is 11.1 Å².